The van der Waals surface area contributed by atoms with Gasteiger partial charge in [-0.25, -0.2) is 9.59 Å². The highest BCUT2D eigenvalue weighted by Crippen LogP contribution is 2.35. The molecule has 118 valence electrons. The fourth-order valence-corrected chi connectivity index (χ4v) is 3.01. The van der Waals surface area contributed by atoms with E-state index in [2.05, 4.69) is 16.0 Å². The molecule has 0 bridgehead atoms. The van der Waals surface area contributed by atoms with Gasteiger partial charge in [-0.05, 0) is 33.6 Å². The standard InChI is InChI=1S/C14H23N3O4/c1-13(2,3)21-12(20)15-8-9-6-4-5-7-14(9)10(18)16-11(19)17-14/h9H,4-8H2,1-3H3,(H,15,20)(H2,16,17,18,19)/t9-,14-/m1/s1. The fraction of sp³-hybridized carbons (Fsp3) is 0.786. The van der Waals surface area contributed by atoms with Crippen LogP contribution >= 0.6 is 0 Å². The monoisotopic (exact) mass is 297 g/mol. The molecular formula is C14H23N3O4. The second-order valence-electron chi connectivity index (χ2n) is 6.71. The van der Waals surface area contributed by atoms with Crippen molar-refractivity contribution in [3.63, 3.8) is 0 Å². The van der Waals surface area contributed by atoms with Crippen LogP contribution in [-0.4, -0.2) is 35.7 Å². The highest BCUT2D eigenvalue weighted by Gasteiger charge is 2.52. The number of rotatable bonds is 2. The predicted octanol–water partition coefficient (Wildman–Crippen LogP) is 1.28. The molecule has 1 spiro atoms. The van der Waals surface area contributed by atoms with Gasteiger partial charge in [0.2, 0.25) is 0 Å². The van der Waals surface area contributed by atoms with Gasteiger partial charge in [-0.3, -0.25) is 10.1 Å². The average molecular weight is 297 g/mol. The summed E-state index contributed by atoms with van der Waals surface area (Å²) >= 11 is 0. The van der Waals surface area contributed by atoms with E-state index in [9.17, 15) is 14.4 Å². The molecule has 0 aromatic rings. The van der Waals surface area contributed by atoms with E-state index in [0.717, 1.165) is 19.3 Å². The zero-order valence-electron chi connectivity index (χ0n) is 12.7. The van der Waals surface area contributed by atoms with Crippen molar-refractivity contribution in [1.82, 2.24) is 16.0 Å². The zero-order chi connectivity index (χ0) is 15.7. The van der Waals surface area contributed by atoms with Gasteiger partial charge in [0, 0.05) is 12.5 Å². The second-order valence-corrected chi connectivity index (χ2v) is 6.71. The van der Waals surface area contributed by atoms with Crippen LogP contribution in [0.4, 0.5) is 9.59 Å². The van der Waals surface area contributed by atoms with Crippen molar-refractivity contribution in [1.29, 1.82) is 0 Å². The predicted molar refractivity (Wildman–Crippen MR) is 75.6 cm³/mol. The smallest absolute Gasteiger partial charge is 0.407 e. The van der Waals surface area contributed by atoms with Crippen molar-refractivity contribution in [3.8, 4) is 0 Å². The molecule has 2 aliphatic rings. The van der Waals surface area contributed by atoms with E-state index >= 15 is 0 Å². The summed E-state index contributed by atoms with van der Waals surface area (Å²) in [7, 11) is 0. The largest absolute Gasteiger partial charge is 0.444 e. The Morgan fingerprint density at radius 1 is 1.38 bits per heavy atom. The van der Waals surface area contributed by atoms with Crippen LogP contribution in [0.1, 0.15) is 46.5 Å². The number of hydrogen-bond acceptors (Lipinski definition) is 4. The number of hydrogen-bond donors (Lipinski definition) is 3. The Balaban J connectivity index is 1.99. The summed E-state index contributed by atoms with van der Waals surface area (Å²) in [5.41, 5.74) is -1.45. The Hall–Kier alpha value is -1.79. The third kappa shape index (κ3) is 3.46. The van der Waals surface area contributed by atoms with Crippen molar-refractivity contribution < 1.29 is 19.1 Å². The normalized spacial score (nSPS) is 29.0. The van der Waals surface area contributed by atoms with E-state index in [1.165, 1.54) is 0 Å². The highest BCUT2D eigenvalue weighted by atomic mass is 16.6. The van der Waals surface area contributed by atoms with Gasteiger partial charge in [0.25, 0.3) is 5.91 Å². The Morgan fingerprint density at radius 3 is 2.67 bits per heavy atom. The third-order valence-electron chi connectivity index (χ3n) is 3.93. The van der Waals surface area contributed by atoms with Crippen molar-refractivity contribution in [2.24, 2.45) is 5.92 Å². The molecule has 1 aliphatic carbocycles. The summed E-state index contributed by atoms with van der Waals surface area (Å²) in [6.45, 7) is 5.68. The van der Waals surface area contributed by atoms with Crippen LogP contribution in [0, 0.1) is 5.92 Å². The molecule has 0 unspecified atom stereocenters. The van der Waals surface area contributed by atoms with E-state index in [-0.39, 0.29) is 11.8 Å². The van der Waals surface area contributed by atoms with Gasteiger partial charge in [0.05, 0.1) is 0 Å². The molecule has 2 fully saturated rings. The molecule has 1 saturated heterocycles. The number of alkyl carbamates (subject to hydrolysis) is 1. The number of carbonyl (C=O) groups excluding carboxylic acids is 3. The van der Waals surface area contributed by atoms with Gasteiger partial charge >= 0.3 is 12.1 Å². The summed E-state index contributed by atoms with van der Waals surface area (Å²) in [6.07, 6.45) is 2.74. The number of ether oxygens (including phenoxy) is 1. The molecule has 2 rings (SSSR count). The van der Waals surface area contributed by atoms with E-state index < -0.39 is 23.3 Å². The number of amides is 4. The molecule has 2 atom stereocenters. The van der Waals surface area contributed by atoms with Crippen LogP contribution in [0.25, 0.3) is 0 Å². The first-order valence-electron chi connectivity index (χ1n) is 7.33. The highest BCUT2D eigenvalue weighted by molar-refractivity contribution is 6.07. The minimum Gasteiger partial charge on any atom is -0.444 e. The average Bonchev–Trinajstić information content (AvgIpc) is 2.61. The molecule has 21 heavy (non-hydrogen) atoms. The minimum absolute atomic E-state index is 0.120. The molecule has 0 aromatic carbocycles. The molecular weight excluding hydrogens is 274 g/mol. The van der Waals surface area contributed by atoms with Crippen LogP contribution in [0.3, 0.4) is 0 Å². The Kier molecular flexibility index (Phi) is 4.11. The topological polar surface area (TPSA) is 96.5 Å². The van der Waals surface area contributed by atoms with Crippen molar-refractivity contribution in [2.75, 3.05) is 6.54 Å². The summed E-state index contributed by atoms with van der Waals surface area (Å²) in [4.78, 5) is 35.3. The lowest BCUT2D eigenvalue weighted by Gasteiger charge is -2.38. The summed E-state index contributed by atoms with van der Waals surface area (Å²) < 4.78 is 5.19. The van der Waals surface area contributed by atoms with Gasteiger partial charge in [0.1, 0.15) is 11.1 Å². The van der Waals surface area contributed by atoms with E-state index in [4.69, 9.17) is 4.74 Å². The van der Waals surface area contributed by atoms with Crippen molar-refractivity contribution >= 4 is 18.0 Å². The molecule has 1 heterocycles. The van der Waals surface area contributed by atoms with Gasteiger partial charge in [-0.15, -0.1) is 0 Å². The SMILES string of the molecule is CC(C)(C)OC(=O)NC[C@H]1CCCC[C@@]12NC(=O)NC2=O. The first-order valence-corrected chi connectivity index (χ1v) is 7.33. The molecule has 7 nitrogen and oxygen atoms in total. The molecule has 0 radical (unpaired) electrons. The van der Waals surface area contributed by atoms with E-state index in [0.29, 0.717) is 13.0 Å². The summed E-state index contributed by atoms with van der Waals surface area (Å²) in [5, 5.41) is 7.75. The lowest BCUT2D eigenvalue weighted by atomic mass is 9.72. The maximum absolute atomic E-state index is 12.1. The maximum Gasteiger partial charge on any atom is 0.407 e. The Bertz CT molecular complexity index is 458. The van der Waals surface area contributed by atoms with Crippen LogP contribution in [0.15, 0.2) is 0 Å². The Labute approximate surface area is 124 Å². The molecule has 4 amide bonds. The lowest BCUT2D eigenvalue weighted by molar-refractivity contribution is -0.127. The van der Waals surface area contributed by atoms with Gasteiger partial charge < -0.3 is 15.4 Å². The molecule has 3 N–H and O–H groups in total. The fourth-order valence-electron chi connectivity index (χ4n) is 3.01. The first kappa shape index (κ1) is 15.6. The van der Waals surface area contributed by atoms with Crippen molar-refractivity contribution in [2.45, 2.75) is 57.6 Å². The van der Waals surface area contributed by atoms with E-state index in [1.54, 1.807) is 20.8 Å². The second kappa shape index (κ2) is 5.54. The summed E-state index contributed by atoms with van der Waals surface area (Å²) in [6, 6.07) is -0.454. The summed E-state index contributed by atoms with van der Waals surface area (Å²) in [5.74, 6) is -0.409. The molecule has 7 heteroatoms. The first-order chi connectivity index (χ1) is 9.73. The lowest BCUT2D eigenvalue weighted by Crippen LogP contribution is -2.57. The third-order valence-corrected chi connectivity index (χ3v) is 3.93. The van der Waals surface area contributed by atoms with Gasteiger partial charge in [-0.1, -0.05) is 12.8 Å². The number of nitrogens with one attached hydrogen (secondary N) is 3. The van der Waals surface area contributed by atoms with Crippen LogP contribution < -0.4 is 16.0 Å². The number of urea groups is 1. The number of carbonyl (C=O) groups is 3. The Morgan fingerprint density at radius 2 is 2.10 bits per heavy atom. The van der Waals surface area contributed by atoms with Crippen LogP contribution in [0.2, 0.25) is 0 Å². The molecule has 1 saturated carbocycles. The van der Waals surface area contributed by atoms with Gasteiger partial charge in [0.15, 0.2) is 0 Å². The van der Waals surface area contributed by atoms with Crippen LogP contribution in [0.5, 0.6) is 0 Å². The maximum atomic E-state index is 12.1. The quantitative estimate of drug-likeness (QED) is 0.669. The van der Waals surface area contributed by atoms with Crippen molar-refractivity contribution in [3.05, 3.63) is 0 Å². The zero-order valence-corrected chi connectivity index (χ0v) is 12.7. The molecule has 1 aliphatic heterocycles. The number of imide groups is 1. The molecule has 0 aromatic heterocycles. The van der Waals surface area contributed by atoms with Gasteiger partial charge in [-0.2, -0.15) is 0 Å². The van der Waals surface area contributed by atoms with Crippen LogP contribution in [-0.2, 0) is 9.53 Å². The minimum atomic E-state index is -0.885. The van der Waals surface area contributed by atoms with E-state index in [1.807, 2.05) is 0 Å².